The summed E-state index contributed by atoms with van der Waals surface area (Å²) in [6, 6.07) is 4.06. The Morgan fingerprint density at radius 1 is 1.24 bits per heavy atom. The van der Waals surface area contributed by atoms with Crippen LogP contribution in [-0.4, -0.2) is 28.0 Å². The Hall–Kier alpha value is -1.60. The largest absolute Gasteiger partial charge is 0.481 e. The van der Waals surface area contributed by atoms with Gasteiger partial charge in [-0.1, -0.05) is 43.0 Å². The quantitative estimate of drug-likeness (QED) is 0.562. The molecule has 2 rings (SSSR count). The van der Waals surface area contributed by atoms with Crippen molar-refractivity contribution < 1.29 is 9.53 Å². The summed E-state index contributed by atoms with van der Waals surface area (Å²) >= 11 is 3.04. The minimum absolute atomic E-state index is 0.227. The van der Waals surface area contributed by atoms with Crippen LogP contribution < -0.4 is 10.1 Å². The van der Waals surface area contributed by atoms with E-state index < -0.39 is 6.10 Å². The van der Waals surface area contributed by atoms with E-state index in [2.05, 4.69) is 35.4 Å². The van der Waals surface area contributed by atoms with Crippen LogP contribution in [0.3, 0.4) is 0 Å². The zero-order valence-corrected chi connectivity index (χ0v) is 17.2. The Morgan fingerprint density at radius 2 is 1.96 bits per heavy atom. The molecule has 7 heteroatoms. The molecule has 0 aliphatic heterocycles. The smallest absolute Gasteiger partial charge is 0.266 e. The van der Waals surface area contributed by atoms with Crippen molar-refractivity contribution in [1.82, 2.24) is 10.2 Å². The molecule has 1 aromatic carbocycles. The zero-order valence-electron chi connectivity index (χ0n) is 15.5. The molecule has 1 N–H and O–H groups in total. The van der Waals surface area contributed by atoms with E-state index in [0.717, 1.165) is 32.5 Å². The SMILES string of the molecule is Cc1cc(C)c(C)c(O[C@H](C)C(=O)Nc2nnc(SCC(C)C)s2)c1. The Balaban J connectivity index is 1.97. The fraction of sp³-hybridized carbons (Fsp3) is 0.500. The van der Waals surface area contributed by atoms with Gasteiger partial charge in [0.05, 0.1) is 0 Å². The second-order valence-electron chi connectivity index (χ2n) is 6.53. The van der Waals surface area contributed by atoms with E-state index in [0.29, 0.717) is 11.0 Å². The third-order valence-corrected chi connectivity index (χ3v) is 6.01. The summed E-state index contributed by atoms with van der Waals surface area (Å²) in [6.45, 7) is 12.1. The van der Waals surface area contributed by atoms with Gasteiger partial charge in [-0.15, -0.1) is 10.2 Å². The fourth-order valence-corrected chi connectivity index (χ4v) is 3.86. The summed E-state index contributed by atoms with van der Waals surface area (Å²) in [4.78, 5) is 12.4. The van der Waals surface area contributed by atoms with E-state index in [1.165, 1.54) is 11.3 Å². The van der Waals surface area contributed by atoms with Gasteiger partial charge < -0.3 is 4.74 Å². The molecule has 5 nitrogen and oxygen atoms in total. The van der Waals surface area contributed by atoms with Gasteiger partial charge in [0.1, 0.15) is 5.75 Å². The second kappa shape index (κ2) is 8.67. The predicted molar refractivity (Wildman–Crippen MR) is 105 cm³/mol. The van der Waals surface area contributed by atoms with Crippen molar-refractivity contribution in [3.05, 3.63) is 28.8 Å². The van der Waals surface area contributed by atoms with Gasteiger partial charge in [-0.3, -0.25) is 10.1 Å². The molecule has 0 radical (unpaired) electrons. The monoisotopic (exact) mass is 379 g/mol. The van der Waals surface area contributed by atoms with E-state index in [4.69, 9.17) is 4.74 Å². The van der Waals surface area contributed by atoms with Crippen LogP contribution >= 0.6 is 23.1 Å². The number of carbonyl (C=O) groups excluding carboxylic acids is 1. The summed E-state index contributed by atoms with van der Waals surface area (Å²) in [6.07, 6.45) is -0.615. The van der Waals surface area contributed by atoms with Crippen molar-refractivity contribution in [2.45, 2.75) is 52.0 Å². The molecule has 0 spiro atoms. The molecule has 1 atom stereocenters. The van der Waals surface area contributed by atoms with Gasteiger partial charge >= 0.3 is 0 Å². The summed E-state index contributed by atoms with van der Waals surface area (Å²) in [7, 11) is 0. The van der Waals surface area contributed by atoms with Gasteiger partial charge in [0.25, 0.3) is 5.91 Å². The topological polar surface area (TPSA) is 64.1 Å². The lowest BCUT2D eigenvalue weighted by atomic mass is 10.1. The van der Waals surface area contributed by atoms with Gasteiger partial charge in [-0.05, 0) is 56.4 Å². The number of rotatable bonds is 7. The molecule has 0 saturated heterocycles. The van der Waals surface area contributed by atoms with E-state index in [9.17, 15) is 4.79 Å². The number of nitrogens with one attached hydrogen (secondary N) is 1. The van der Waals surface area contributed by atoms with E-state index in [1.807, 2.05) is 26.8 Å². The number of aryl methyl sites for hydroxylation is 2. The molecule has 25 heavy (non-hydrogen) atoms. The number of ether oxygens (including phenoxy) is 1. The molecule has 0 bridgehead atoms. The minimum Gasteiger partial charge on any atom is -0.481 e. The third kappa shape index (κ3) is 5.71. The second-order valence-corrected chi connectivity index (χ2v) is 8.78. The summed E-state index contributed by atoms with van der Waals surface area (Å²) in [5.74, 6) is 2.08. The molecule has 0 saturated carbocycles. The highest BCUT2D eigenvalue weighted by Crippen LogP contribution is 2.28. The van der Waals surface area contributed by atoms with E-state index in [1.54, 1.807) is 18.7 Å². The number of anilines is 1. The van der Waals surface area contributed by atoms with Crippen molar-refractivity contribution in [1.29, 1.82) is 0 Å². The van der Waals surface area contributed by atoms with Gasteiger partial charge in [0.15, 0.2) is 10.4 Å². The van der Waals surface area contributed by atoms with Crippen LogP contribution in [0.1, 0.15) is 37.5 Å². The number of carbonyl (C=O) groups is 1. The first-order valence-corrected chi connectivity index (χ1v) is 10.1. The number of hydrogen-bond acceptors (Lipinski definition) is 6. The number of benzene rings is 1. The molecule has 0 unspecified atom stereocenters. The zero-order chi connectivity index (χ0) is 18.6. The molecular formula is C18H25N3O2S2. The Bertz CT molecular complexity index is 744. The van der Waals surface area contributed by atoms with Gasteiger partial charge in [-0.2, -0.15) is 0 Å². The minimum atomic E-state index is -0.615. The Morgan fingerprint density at radius 3 is 2.64 bits per heavy atom. The van der Waals surface area contributed by atoms with Crippen LogP contribution in [0.5, 0.6) is 5.75 Å². The van der Waals surface area contributed by atoms with E-state index >= 15 is 0 Å². The van der Waals surface area contributed by atoms with Gasteiger partial charge in [0.2, 0.25) is 5.13 Å². The summed E-state index contributed by atoms with van der Waals surface area (Å²) < 4.78 is 6.73. The average Bonchev–Trinajstić information content (AvgIpc) is 2.97. The molecule has 136 valence electrons. The lowest BCUT2D eigenvalue weighted by molar-refractivity contribution is -0.122. The summed E-state index contributed by atoms with van der Waals surface area (Å²) in [5.41, 5.74) is 3.31. The number of thioether (sulfide) groups is 1. The maximum absolute atomic E-state index is 12.4. The molecule has 0 fully saturated rings. The molecule has 0 aliphatic carbocycles. The maximum Gasteiger partial charge on any atom is 0.266 e. The molecule has 1 heterocycles. The van der Waals surface area contributed by atoms with Gasteiger partial charge in [-0.25, -0.2) is 0 Å². The molecule has 1 amide bonds. The van der Waals surface area contributed by atoms with Gasteiger partial charge in [0, 0.05) is 5.75 Å². The van der Waals surface area contributed by atoms with Crippen molar-refractivity contribution >= 4 is 34.1 Å². The molecule has 2 aromatic rings. The standard InChI is InChI=1S/C18H25N3O2S2/c1-10(2)9-24-18-21-20-17(25-18)19-16(22)14(6)23-15-8-11(3)7-12(4)13(15)5/h7-8,10,14H,9H2,1-6H3,(H,19,20,22)/t14-/m1/s1. The first kappa shape index (κ1) is 19.7. The Labute approximate surface area is 157 Å². The van der Waals surface area contributed by atoms with Crippen molar-refractivity contribution in [2.24, 2.45) is 5.92 Å². The highest BCUT2D eigenvalue weighted by atomic mass is 32.2. The number of aromatic nitrogens is 2. The van der Waals surface area contributed by atoms with Crippen molar-refractivity contribution in [2.75, 3.05) is 11.1 Å². The normalized spacial score (nSPS) is 12.3. The van der Waals surface area contributed by atoms with E-state index in [-0.39, 0.29) is 5.91 Å². The third-order valence-electron chi connectivity index (χ3n) is 3.61. The molecular weight excluding hydrogens is 354 g/mol. The first-order valence-electron chi connectivity index (χ1n) is 8.28. The van der Waals surface area contributed by atoms with Crippen LogP contribution in [0.2, 0.25) is 0 Å². The maximum atomic E-state index is 12.4. The van der Waals surface area contributed by atoms with Crippen LogP contribution in [0.4, 0.5) is 5.13 Å². The number of nitrogens with zero attached hydrogens (tertiary/aromatic N) is 2. The van der Waals surface area contributed by atoms with Crippen LogP contribution in [0.15, 0.2) is 16.5 Å². The lowest BCUT2D eigenvalue weighted by Crippen LogP contribution is -2.30. The summed E-state index contributed by atoms with van der Waals surface area (Å²) in [5, 5.41) is 11.4. The van der Waals surface area contributed by atoms with Crippen molar-refractivity contribution in [3.8, 4) is 5.75 Å². The Kier molecular flexibility index (Phi) is 6.84. The average molecular weight is 380 g/mol. The highest BCUT2D eigenvalue weighted by molar-refractivity contribution is 8.01. The van der Waals surface area contributed by atoms with Crippen LogP contribution in [0, 0.1) is 26.7 Å². The predicted octanol–water partition coefficient (Wildman–Crippen LogP) is 4.62. The van der Waals surface area contributed by atoms with Crippen LogP contribution in [0.25, 0.3) is 0 Å². The molecule has 1 aromatic heterocycles. The number of amides is 1. The fourth-order valence-electron chi connectivity index (χ4n) is 2.13. The number of hydrogen-bond donors (Lipinski definition) is 1. The highest BCUT2D eigenvalue weighted by Gasteiger charge is 2.18. The van der Waals surface area contributed by atoms with Crippen LogP contribution in [-0.2, 0) is 4.79 Å². The first-order chi connectivity index (χ1) is 11.8. The lowest BCUT2D eigenvalue weighted by Gasteiger charge is -2.17. The van der Waals surface area contributed by atoms with Crippen molar-refractivity contribution in [3.63, 3.8) is 0 Å². The molecule has 0 aliphatic rings.